The first kappa shape index (κ1) is 7.39. The van der Waals surface area contributed by atoms with Crippen LogP contribution < -0.4 is 0 Å². The molecule has 0 saturated carbocycles. The maximum Gasteiger partial charge on any atom is 0.0556 e. The molecular formula is C5H7BrS. The molecule has 0 N–H and O–H groups in total. The molecule has 0 unspecified atom stereocenters. The minimum atomic E-state index is 0.946. The van der Waals surface area contributed by atoms with Gasteiger partial charge in [0.2, 0.25) is 0 Å². The first-order valence-electron chi connectivity index (χ1n) is 2.08. The molecule has 0 nitrogen and oxygen atoms in total. The lowest BCUT2D eigenvalue weighted by Gasteiger charge is -1.81. The molecule has 0 bridgehead atoms. The molecule has 40 valence electrons. The first-order chi connectivity index (χ1) is 3.41. The predicted octanol–water partition coefficient (Wildman–Crippen LogP) is 2.10. The van der Waals surface area contributed by atoms with Gasteiger partial charge in [0.25, 0.3) is 0 Å². The molecule has 0 fully saturated rings. The SMILES string of the molecule is CCSCC#CBr. The summed E-state index contributed by atoms with van der Waals surface area (Å²) in [6.45, 7) is 2.13. The van der Waals surface area contributed by atoms with Gasteiger partial charge in [0.05, 0.1) is 5.75 Å². The summed E-state index contributed by atoms with van der Waals surface area (Å²) in [5, 5.41) is 0. The highest BCUT2D eigenvalue weighted by atomic mass is 79.9. The largest absolute Gasteiger partial charge is 0.149 e. The van der Waals surface area contributed by atoms with Crippen LogP contribution in [0.3, 0.4) is 0 Å². The Balaban J connectivity index is 2.78. The van der Waals surface area contributed by atoms with Gasteiger partial charge in [-0.15, -0.1) is 11.8 Å². The van der Waals surface area contributed by atoms with Crippen molar-refractivity contribution >= 4 is 27.7 Å². The summed E-state index contributed by atoms with van der Waals surface area (Å²) in [6, 6.07) is 0. The molecule has 0 amide bonds. The van der Waals surface area contributed by atoms with Crippen LogP contribution in [0.2, 0.25) is 0 Å². The number of rotatable bonds is 2. The van der Waals surface area contributed by atoms with Crippen molar-refractivity contribution in [3.63, 3.8) is 0 Å². The van der Waals surface area contributed by atoms with Crippen LogP contribution >= 0.6 is 27.7 Å². The Morgan fingerprint density at radius 3 is 2.86 bits per heavy atom. The van der Waals surface area contributed by atoms with E-state index in [4.69, 9.17) is 0 Å². The van der Waals surface area contributed by atoms with Crippen molar-refractivity contribution in [3.8, 4) is 10.8 Å². The van der Waals surface area contributed by atoms with Crippen LogP contribution in [-0.2, 0) is 0 Å². The van der Waals surface area contributed by atoms with Gasteiger partial charge in [0.1, 0.15) is 0 Å². The number of thioether (sulfide) groups is 1. The summed E-state index contributed by atoms with van der Waals surface area (Å²) < 4.78 is 0. The Bertz CT molecular complexity index is 79.8. The highest BCUT2D eigenvalue weighted by Gasteiger charge is 1.72. The van der Waals surface area contributed by atoms with Crippen LogP contribution in [-0.4, -0.2) is 11.5 Å². The highest BCUT2D eigenvalue weighted by Crippen LogP contribution is 1.94. The van der Waals surface area contributed by atoms with Gasteiger partial charge in [-0.2, -0.15) is 0 Å². The minimum absolute atomic E-state index is 0.946. The zero-order valence-electron chi connectivity index (χ0n) is 4.20. The minimum Gasteiger partial charge on any atom is -0.149 e. The Morgan fingerprint density at radius 1 is 1.71 bits per heavy atom. The average Bonchev–Trinajstić information content (AvgIpc) is 1.69. The van der Waals surface area contributed by atoms with Gasteiger partial charge in [-0.1, -0.05) is 12.8 Å². The summed E-state index contributed by atoms with van der Waals surface area (Å²) in [5.74, 6) is 4.98. The third-order valence-electron chi connectivity index (χ3n) is 0.445. The molecule has 0 aliphatic rings. The van der Waals surface area contributed by atoms with Gasteiger partial charge >= 0.3 is 0 Å². The van der Waals surface area contributed by atoms with Crippen molar-refractivity contribution in [3.05, 3.63) is 0 Å². The molecule has 0 heterocycles. The average molecular weight is 179 g/mol. The van der Waals surface area contributed by atoms with E-state index in [9.17, 15) is 0 Å². The number of hydrogen-bond donors (Lipinski definition) is 0. The molecule has 2 heteroatoms. The molecule has 0 aliphatic heterocycles. The van der Waals surface area contributed by atoms with Gasteiger partial charge in [-0.3, -0.25) is 0 Å². The summed E-state index contributed by atoms with van der Waals surface area (Å²) in [4.78, 5) is 2.64. The van der Waals surface area contributed by atoms with Crippen molar-refractivity contribution in [2.75, 3.05) is 11.5 Å². The molecule has 0 atom stereocenters. The second kappa shape index (κ2) is 6.39. The van der Waals surface area contributed by atoms with E-state index in [2.05, 4.69) is 33.6 Å². The van der Waals surface area contributed by atoms with Crippen molar-refractivity contribution in [2.45, 2.75) is 6.92 Å². The molecule has 0 saturated heterocycles. The van der Waals surface area contributed by atoms with Crippen LogP contribution in [0.1, 0.15) is 6.92 Å². The van der Waals surface area contributed by atoms with E-state index in [1.807, 2.05) is 11.8 Å². The Hall–Kier alpha value is 0.390. The monoisotopic (exact) mass is 178 g/mol. The maximum absolute atomic E-state index is 3.01. The molecular weight excluding hydrogens is 172 g/mol. The van der Waals surface area contributed by atoms with Crippen molar-refractivity contribution in [1.29, 1.82) is 0 Å². The van der Waals surface area contributed by atoms with Crippen molar-refractivity contribution in [1.82, 2.24) is 0 Å². The van der Waals surface area contributed by atoms with Crippen LogP contribution in [0, 0.1) is 10.8 Å². The van der Waals surface area contributed by atoms with E-state index < -0.39 is 0 Å². The quantitative estimate of drug-likeness (QED) is 0.462. The third-order valence-corrected chi connectivity index (χ3v) is 1.48. The molecule has 0 rings (SSSR count). The topological polar surface area (TPSA) is 0 Å². The van der Waals surface area contributed by atoms with Crippen molar-refractivity contribution in [2.24, 2.45) is 0 Å². The lowest BCUT2D eigenvalue weighted by Crippen LogP contribution is -1.69. The fourth-order valence-corrected chi connectivity index (χ4v) is 0.884. The smallest absolute Gasteiger partial charge is 0.0556 e. The van der Waals surface area contributed by atoms with Gasteiger partial charge in [0, 0.05) is 15.9 Å². The molecule has 0 radical (unpaired) electrons. The molecule has 0 aromatic rings. The molecule has 7 heavy (non-hydrogen) atoms. The van der Waals surface area contributed by atoms with E-state index in [0.717, 1.165) is 11.5 Å². The zero-order chi connectivity index (χ0) is 5.54. The Morgan fingerprint density at radius 2 is 2.43 bits per heavy atom. The fraction of sp³-hybridized carbons (Fsp3) is 0.600. The normalized spacial score (nSPS) is 7.14. The first-order valence-corrected chi connectivity index (χ1v) is 4.02. The van der Waals surface area contributed by atoms with Crippen LogP contribution in [0.5, 0.6) is 0 Å². The van der Waals surface area contributed by atoms with E-state index in [0.29, 0.717) is 0 Å². The number of hydrogen-bond acceptors (Lipinski definition) is 1. The van der Waals surface area contributed by atoms with Gasteiger partial charge in [0.15, 0.2) is 0 Å². The van der Waals surface area contributed by atoms with Crippen LogP contribution in [0.15, 0.2) is 0 Å². The van der Waals surface area contributed by atoms with Crippen molar-refractivity contribution < 1.29 is 0 Å². The second-order valence-corrected chi connectivity index (χ2v) is 2.58. The summed E-state index contributed by atoms with van der Waals surface area (Å²) in [7, 11) is 0. The Labute approximate surface area is 57.2 Å². The lowest BCUT2D eigenvalue weighted by molar-refractivity contribution is 1.52. The van der Waals surface area contributed by atoms with Crippen LogP contribution in [0.4, 0.5) is 0 Å². The summed E-state index contributed by atoms with van der Waals surface area (Å²) in [5.41, 5.74) is 0. The molecule has 0 aromatic heterocycles. The predicted molar refractivity (Wildman–Crippen MR) is 39.7 cm³/mol. The van der Waals surface area contributed by atoms with E-state index >= 15 is 0 Å². The van der Waals surface area contributed by atoms with E-state index in [1.165, 1.54) is 0 Å². The van der Waals surface area contributed by atoms with Crippen LogP contribution in [0.25, 0.3) is 0 Å². The molecule has 0 aromatic carbocycles. The summed E-state index contributed by atoms with van der Waals surface area (Å²) in [6.07, 6.45) is 0. The Kier molecular flexibility index (Phi) is 6.75. The molecule has 0 spiro atoms. The van der Waals surface area contributed by atoms with E-state index in [-0.39, 0.29) is 0 Å². The lowest BCUT2D eigenvalue weighted by atomic mass is 10.8. The third kappa shape index (κ3) is 6.39. The fourth-order valence-electron chi connectivity index (χ4n) is 0.180. The second-order valence-electron chi connectivity index (χ2n) is 0.908. The van der Waals surface area contributed by atoms with E-state index in [1.54, 1.807) is 0 Å². The van der Waals surface area contributed by atoms with Gasteiger partial charge in [-0.25, -0.2) is 0 Å². The summed E-state index contributed by atoms with van der Waals surface area (Å²) >= 11 is 4.83. The zero-order valence-corrected chi connectivity index (χ0v) is 6.60. The van der Waals surface area contributed by atoms with Gasteiger partial charge in [-0.05, 0) is 10.6 Å². The highest BCUT2D eigenvalue weighted by molar-refractivity contribution is 9.12. The number of halogens is 1. The molecule has 0 aliphatic carbocycles. The standard InChI is InChI=1S/C5H7BrS/c1-2-7-5-3-4-6/h2,5H2,1H3. The maximum atomic E-state index is 3.01. The van der Waals surface area contributed by atoms with Gasteiger partial charge < -0.3 is 0 Å².